The fourth-order valence-corrected chi connectivity index (χ4v) is 5.60. The molecule has 1 heterocycles. The van der Waals surface area contributed by atoms with E-state index in [1.54, 1.807) is 47.3 Å². The van der Waals surface area contributed by atoms with Crippen LogP contribution in [0.3, 0.4) is 0 Å². The second kappa shape index (κ2) is 9.91. The van der Waals surface area contributed by atoms with Gasteiger partial charge in [0, 0.05) is 31.4 Å². The van der Waals surface area contributed by atoms with Crippen molar-refractivity contribution in [2.24, 2.45) is 0 Å². The van der Waals surface area contributed by atoms with Gasteiger partial charge in [-0.3, -0.25) is 0 Å². The zero-order valence-corrected chi connectivity index (χ0v) is 21.1. The summed E-state index contributed by atoms with van der Waals surface area (Å²) in [5.41, 5.74) is 1.83. The summed E-state index contributed by atoms with van der Waals surface area (Å²) in [4.78, 5) is -0.403. The summed E-state index contributed by atoms with van der Waals surface area (Å²) in [6.45, 7) is 0. The average Bonchev–Trinajstić information content (AvgIpc) is 3.32. The summed E-state index contributed by atoms with van der Waals surface area (Å²) in [6.07, 6.45) is 2.87. The molecule has 0 saturated heterocycles. The van der Waals surface area contributed by atoms with Crippen molar-refractivity contribution in [1.29, 1.82) is 5.26 Å². The molecule has 0 atom stereocenters. The first kappa shape index (κ1) is 25.1. The third-order valence-corrected chi connectivity index (χ3v) is 8.88. The lowest BCUT2D eigenvalue weighted by Crippen LogP contribution is -2.22. The summed E-state index contributed by atoms with van der Waals surface area (Å²) < 4.78 is 54.4. The molecule has 0 unspecified atom stereocenters. The quantitative estimate of drug-likeness (QED) is 0.340. The third-order valence-electron chi connectivity index (χ3n) is 5.39. The van der Waals surface area contributed by atoms with E-state index in [0.717, 1.165) is 4.31 Å². The van der Waals surface area contributed by atoms with Gasteiger partial charge < -0.3 is 0 Å². The maximum absolute atomic E-state index is 13.2. The molecule has 0 aliphatic heterocycles. The smallest absolute Gasteiger partial charge is 0.240 e. The van der Waals surface area contributed by atoms with Crippen LogP contribution in [0.25, 0.3) is 23.0 Å². The molecular weight excluding hydrogens is 496 g/mol. The first-order chi connectivity index (χ1) is 17.1. The SMILES string of the molecule is CN(C)S(=O)(=O)c1cccc(-c2nn(-c3ccccc3)cc2/C=C(\C#N)S(=O)(=O)c2ccccc2)c1. The number of nitrogens with zero attached hydrogens (tertiary/aromatic N) is 4. The number of sulfonamides is 1. The maximum Gasteiger partial charge on any atom is 0.242 e. The second-order valence-electron chi connectivity index (χ2n) is 7.97. The number of sulfone groups is 1. The normalized spacial score (nSPS) is 12.4. The molecule has 182 valence electrons. The Hall–Kier alpha value is -4.04. The lowest BCUT2D eigenvalue weighted by molar-refractivity contribution is 0.521. The molecule has 0 aliphatic carbocycles. The highest BCUT2D eigenvalue weighted by Gasteiger charge is 2.23. The Labute approximate surface area is 210 Å². The van der Waals surface area contributed by atoms with Gasteiger partial charge in [0.05, 0.1) is 15.5 Å². The van der Waals surface area contributed by atoms with Crippen molar-refractivity contribution in [1.82, 2.24) is 14.1 Å². The molecular formula is C26H22N4O4S2. The first-order valence-electron chi connectivity index (χ1n) is 10.7. The summed E-state index contributed by atoms with van der Waals surface area (Å²) in [5.74, 6) is 0. The zero-order chi connectivity index (χ0) is 25.9. The number of hydrogen-bond acceptors (Lipinski definition) is 6. The van der Waals surface area contributed by atoms with Crippen LogP contribution in [0.5, 0.6) is 0 Å². The molecule has 4 rings (SSSR count). The lowest BCUT2D eigenvalue weighted by atomic mass is 10.1. The van der Waals surface area contributed by atoms with Crippen LogP contribution in [0.2, 0.25) is 0 Å². The topological polar surface area (TPSA) is 113 Å². The third kappa shape index (κ3) is 4.85. The van der Waals surface area contributed by atoms with E-state index in [4.69, 9.17) is 0 Å². The van der Waals surface area contributed by atoms with E-state index in [1.807, 2.05) is 30.3 Å². The molecule has 0 N–H and O–H groups in total. The van der Waals surface area contributed by atoms with Crippen LogP contribution in [-0.4, -0.2) is 45.0 Å². The maximum atomic E-state index is 13.2. The molecule has 4 aromatic rings. The Balaban J connectivity index is 1.93. The molecule has 36 heavy (non-hydrogen) atoms. The van der Waals surface area contributed by atoms with Crippen molar-refractivity contribution in [2.75, 3.05) is 14.1 Å². The molecule has 0 radical (unpaired) electrons. The Bertz CT molecular complexity index is 1690. The van der Waals surface area contributed by atoms with Gasteiger partial charge in [-0.2, -0.15) is 10.4 Å². The molecule has 0 bridgehead atoms. The van der Waals surface area contributed by atoms with Crippen molar-refractivity contribution in [3.63, 3.8) is 0 Å². The van der Waals surface area contributed by atoms with Crippen LogP contribution in [0.15, 0.2) is 106 Å². The highest BCUT2D eigenvalue weighted by molar-refractivity contribution is 7.95. The minimum atomic E-state index is -4.09. The summed E-state index contributed by atoms with van der Waals surface area (Å²) in [7, 11) is -4.93. The fraction of sp³-hybridized carbons (Fsp3) is 0.0769. The van der Waals surface area contributed by atoms with Gasteiger partial charge in [0.15, 0.2) is 0 Å². The predicted octanol–water partition coefficient (Wildman–Crippen LogP) is 4.13. The van der Waals surface area contributed by atoms with Crippen molar-refractivity contribution < 1.29 is 16.8 Å². The Kier molecular flexibility index (Phi) is 6.90. The van der Waals surface area contributed by atoms with Gasteiger partial charge in [-0.1, -0.05) is 48.5 Å². The van der Waals surface area contributed by atoms with E-state index in [1.165, 1.54) is 44.4 Å². The standard InChI is InChI=1S/C26H22N4O4S2/c1-29(2)36(33,34)24-15-9-10-20(16-24)26-21(19-30(28-26)22-11-5-3-6-12-22)17-25(18-27)35(31,32)23-13-7-4-8-14-23/h3-17,19H,1-2H3/b25-17+. The predicted molar refractivity (Wildman–Crippen MR) is 137 cm³/mol. The van der Waals surface area contributed by atoms with Gasteiger partial charge in [-0.15, -0.1) is 0 Å². The number of para-hydroxylation sites is 1. The largest absolute Gasteiger partial charge is 0.242 e. The first-order valence-corrected chi connectivity index (χ1v) is 13.7. The number of benzene rings is 3. The highest BCUT2D eigenvalue weighted by Crippen LogP contribution is 2.30. The second-order valence-corrected chi connectivity index (χ2v) is 12.0. The van der Waals surface area contributed by atoms with Gasteiger partial charge in [-0.05, 0) is 42.5 Å². The van der Waals surface area contributed by atoms with Crippen LogP contribution in [0.1, 0.15) is 5.56 Å². The monoisotopic (exact) mass is 518 g/mol. The van der Waals surface area contributed by atoms with Crippen molar-refractivity contribution in [3.05, 3.63) is 102 Å². The Morgan fingerprint density at radius 1 is 0.889 bits per heavy atom. The molecule has 0 spiro atoms. The van der Waals surface area contributed by atoms with E-state index in [9.17, 15) is 22.1 Å². The van der Waals surface area contributed by atoms with Crippen LogP contribution in [0.4, 0.5) is 0 Å². The van der Waals surface area contributed by atoms with Gasteiger partial charge in [0.1, 0.15) is 16.7 Å². The van der Waals surface area contributed by atoms with Crippen molar-refractivity contribution in [2.45, 2.75) is 9.79 Å². The fourth-order valence-electron chi connectivity index (χ4n) is 3.48. The minimum Gasteiger partial charge on any atom is -0.240 e. The number of rotatable bonds is 7. The summed E-state index contributed by atoms with van der Waals surface area (Å²) in [6, 6.07) is 24.9. The molecule has 3 aromatic carbocycles. The van der Waals surface area contributed by atoms with Gasteiger partial charge in [0.2, 0.25) is 19.9 Å². The molecule has 8 nitrogen and oxygen atoms in total. The molecule has 0 fully saturated rings. The van der Waals surface area contributed by atoms with Crippen LogP contribution >= 0.6 is 0 Å². The highest BCUT2D eigenvalue weighted by atomic mass is 32.2. The van der Waals surface area contributed by atoms with Crippen LogP contribution < -0.4 is 0 Å². The van der Waals surface area contributed by atoms with Crippen LogP contribution in [-0.2, 0) is 19.9 Å². The Morgan fingerprint density at radius 2 is 1.50 bits per heavy atom. The van der Waals surface area contributed by atoms with Crippen molar-refractivity contribution >= 4 is 25.9 Å². The molecule has 0 amide bonds. The number of hydrogen-bond donors (Lipinski definition) is 0. The molecule has 0 aliphatic rings. The molecule has 1 aromatic heterocycles. The van der Waals surface area contributed by atoms with Gasteiger partial charge in [-0.25, -0.2) is 25.8 Å². The minimum absolute atomic E-state index is 0.00567. The van der Waals surface area contributed by atoms with E-state index in [2.05, 4.69) is 5.10 Å². The Morgan fingerprint density at radius 3 is 2.11 bits per heavy atom. The van der Waals surface area contributed by atoms with Crippen LogP contribution in [0, 0.1) is 11.3 Å². The number of nitriles is 1. The lowest BCUT2D eigenvalue weighted by Gasteiger charge is -2.12. The molecule has 10 heteroatoms. The summed E-state index contributed by atoms with van der Waals surface area (Å²) >= 11 is 0. The van der Waals surface area contributed by atoms with E-state index >= 15 is 0 Å². The number of allylic oxidation sites excluding steroid dienone is 1. The van der Waals surface area contributed by atoms with E-state index in [0.29, 0.717) is 22.5 Å². The zero-order valence-electron chi connectivity index (χ0n) is 19.5. The van der Waals surface area contributed by atoms with E-state index in [-0.39, 0.29) is 9.79 Å². The molecule has 0 saturated carbocycles. The van der Waals surface area contributed by atoms with E-state index < -0.39 is 24.8 Å². The van der Waals surface area contributed by atoms with Gasteiger partial charge >= 0.3 is 0 Å². The van der Waals surface area contributed by atoms with Gasteiger partial charge in [0.25, 0.3) is 0 Å². The van der Waals surface area contributed by atoms with Crippen molar-refractivity contribution in [3.8, 4) is 23.0 Å². The summed E-state index contributed by atoms with van der Waals surface area (Å²) in [5, 5.41) is 14.4. The number of aromatic nitrogens is 2. The average molecular weight is 519 g/mol.